The lowest BCUT2D eigenvalue weighted by Gasteiger charge is -2.31. The maximum atomic E-state index is 10.3. The molecule has 0 aliphatic rings. The van der Waals surface area contributed by atoms with Crippen molar-refractivity contribution >= 4 is 0 Å². The largest absolute Gasteiger partial charge is 0.507 e. The van der Waals surface area contributed by atoms with E-state index >= 15 is 0 Å². The second-order valence-electron chi connectivity index (χ2n) is 6.83. The van der Waals surface area contributed by atoms with Crippen molar-refractivity contribution in [3.8, 4) is 11.5 Å². The molecule has 2 aromatic carbocycles. The fraction of sp³-hybridized carbons (Fsp3) is 0.368. The monoisotopic (exact) mass is 315 g/mol. The van der Waals surface area contributed by atoms with E-state index in [0.29, 0.717) is 17.9 Å². The number of ether oxygens (including phenoxy) is 1. The van der Waals surface area contributed by atoms with Crippen LogP contribution in [0, 0.1) is 5.41 Å². The number of phenolic OH excluding ortho intramolecular Hbond substituents is 1. The summed E-state index contributed by atoms with van der Waals surface area (Å²) < 4.78 is 5.67. The molecule has 0 saturated carbocycles. The standard InChI is InChI=1S/C19H25NO3/c1-19(2,3)18(22)17(20)15-10-9-14(11-16(15)21)23-12-13-7-5-4-6-8-13/h4-11,17-18,21-22H,12,20H2,1-3H3/t17-,18-/m1/s1. The van der Waals surface area contributed by atoms with Crippen LogP contribution in [0.1, 0.15) is 37.9 Å². The van der Waals surface area contributed by atoms with Crippen molar-refractivity contribution in [2.45, 2.75) is 39.5 Å². The van der Waals surface area contributed by atoms with Crippen molar-refractivity contribution in [2.75, 3.05) is 0 Å². The predicted octanol–water partition coefficient (Wildman–Crippen LogP) is 3.38. The van der Waals surface area contributed by atoms with Crippen LogP contribution in [0.4, 0.5) is 0 Å². The van der Waals surface area contributed by atoms with Gasteiger partial charge in [0.05, 0.1) is 12.1 Å². The molecule has 4 nitrogen and oxygen atoms in total. The minimum Gasteiger partial charge on any atom is -0.507 e. The van der Waals surface area contributed by atoms with E-state index in [0.717, 1.165) is 5.56 Å². The number of aromatic hydroxyl groups is 1. The van der Waals surface area contributed by atoms with Crippen LogP contribution in [0.25, 0.3) is 0 Å². The Labute approximate surface area is 137 Å². The van der Waals surface area contributed by atoms with Gasteiger partial charge in [-0.2, -0.15) is 0 Å². The molecule has 0 heterocycles. The Balaban J connectivity index is 2.08. The van der Waals surface area contributed by atoms with Gasteiger partial charge in [0.2, 0.25) is 0 Å². The molecule has 124 valence electrons. The van der Waals surface area contributed by atoms with E-state index in [1.54, 1.807) is 12.1 Å². The lowest BCUT2D eigenvalue weighted by molar-refractivity contribution is 0.0394. The van der Waals surface area contributed by atoms with E-state index in [1.165, 1.54) is 6.07 Å². The first-order chi connectivity index (χ1) is 10.8. The summed E-state index contributed by atoms with van der Waals surface area (Å²) in [5, 5.41) is 20.5. The highest BCUT2D eigenvalue weighted by Crippen LogP contribution is 2.34. The van der Waals surface area contributed by atoms with E-state index in [2.05, 4.69) is 0 Å². The fourth-order valence-corrected chi connectivity index (χ4v) is 2.34. The molecule has 0 aliphatic carbocycles. The minimum atomic E-state index is -0.760. The zero-order valence-electron chi connectivity index (χ0n) is 13.9. The maximum absolute atomic E-state index is 10.3. The number of nitrogens with two attached hydrogens (primary N) is 1. The predicted molar refractivity (Wildman–Crippen MR) is 91.3 cm³/mol. The summed E-state index contributed by atoms with van der Waals surface area (Å²) in [6.45, 7) is 6.15. The summed E-state index contributed by atoms with van der Waals surface area (Å²) in [7, 11) is 0. The molecule has 0 saturated heterocycles. The Hall–Kier alpha value is -2.04. The van der Waals surface area contributed by atoms with Gasteiger partial charge in [-0.1, -0.05) is 51.1 Å². The number of hydrogen-bond donors (Lipinski definition) is 3. The van der Waals surface area contributed by atoms with Crippen LogP contribution in [0.5, 0.6) is 11.5 Å². The zero-order chi connectivity index (χ0) is 17.0. The molecule has 0 spiro atoms. The van der Waals surface area contributed by atoms with Crippen LogP contribution >= 0.6 is 0 Å². The van der Waals surface area contributed by atoms with Crippen molar-refractivity contribution in [1.82, 2.24) is 0 Å². The maximum Gasteiger partial charge on any atom is 0.124 e. The average Bonchev–Trinajstić information content (AvgIpc) is 2.52. The van der Waals surface area contributed by atoms with Gasteiger partial charge in [0, 0.05) is 11.6 Å². The van der Waals surface area contributed by atoms with Gasteiger partial charge in [0.1, 0.15) is 18.1 Å². The summed E-state index contributed by atoms with van der Waals surface area (Å²) >= 11 is 0. The Kier molecular flexibility index (Phi) is 5.29. The smallest absolute Gasteiger partial charge is 0.124 e. The summed E-state index contributed by atoms with van der Waals surface area (Å²) in [5.74, 6) is 0.596. The Morgan fingerprint density at radius 2 is 1.74 bits per heavy atom. The van der Waals surface area contributed by atoms with Crippen LogP contribution in [-0.4, -0.2) is 16.3 Å². The molecule has 0 amide bonds. The van der Waals surface area contributed by atoms with E-state index in [4.69, 9.17) is 10.5 Å². The number of rotatable bonds is 5. The van der Waals surface area contributed by atoms with Crippen LogP contribution in [0.15, 0.2) is 48.5 Å². The highest BCUT2D eigenvalue weighted by molar-refractivity contribution is 5.42. The summed E-state index contributed by atoms with van der Waals surface area (Å²) in [6.07, 6.45) is -0.760. The van der Waals surface area contributed by atoms with Gasteiger partial charge >= 0.3 is 0 Å². The molecule has 23 heavy (non-hydrogen) atoms. The highest BCUT2D eigenvalue weighted by atomic mass is 16.5. The molecule has 0 fully saturated rings. The molecule has 4 heteroatoms. The zero-order valence-corrected chi connectivity index (χ0v) is 13.9. The molecule has 0 aromatic heterocycles. The number of aliphatic hydroxyl groups is 1. The first-order valence-electron chi connectivity index (χ1n) is 7.72. The van der Waals surface area contributed by atoms with Crippen molar-refractivity contribution in [3.05, 3.63) is 59.7 Å². The first-order valence-corrected chi connectivity index (χ1v) is 7.72. The molecule has 2 aromatic rings. The summed E-state index contributed by atoms with van der Waals surface area (Å²) in [5.41, 5.74) is 7.29. The van der Waals surface area contributed by atoms with Crippen LogP contribution in [0.3, 0.4) is 0 Å². The second-order valence-corrected chi connectivity index (χ2v) is 6.83. The van der Waals surface area contributed by atoms with Crippen LogP contribution in [0.2, 0.25) is 0 Å². The molecular formula is C19H25NO3. The van der Waals surface area contributed by atoms with Gasteiger partial charge in [-0.05, 0) is 23.1 Å². The Bertz CT molecular complexity index is 635. The van der Waals surface area contributed by atoms with E-state index in [1.807, 2.05) is 51.1 Å². The van der Waals surface area contributed by atoms with Crippen molar-refractivity contribution in [3.63, 3.8) is 0 Å². The first kappa shape index (κ1) is 17.3. The quantitative estimate of drug-likeness (QED) is 0.790. The molecule has 2 atom stereocenters. The minimum absolute atomic E-state index is 0.0337. The molecule has 2 rings (SSSR count). The van der Waals surface area contributed by atoms with Crippen molar-refractivity contribution in [2.24, 2.45) is 11.1 Å². The lowest BCUT2D eigenvalue weighted by atomic mass is 9.82. The Morgan fingerprint density at radius 1 is 1.09 bits per heavy atom. The molecule has 0 aliphatic heterocycles. The van der Waals surface area contributed by atoms with Crippen LogP contribution in [-0.2, 0) is 6.61 Å². The normalized spacial score (nSPS) is 14.3. The number of benzene rings is 2. The summed E-state index contributed by atoms with van der Waals surface area (Å²) in [4.78, 5) is 0. The van der Waals surface area contributed by atoms with Gasteiger partial charge in [-0.15, -0.1) is 0 Å². The van der Waals surface area contributed by atoms with Crippen molar-refractivity contribution < 1.29 is 14.9 Å². The third kappa shape index (κ3) is 4.47. The Morgan fingerprint density at radius 3 is 2.30 bits per heavy atom. The number of phenols is 1. The lowest BCUT2D eigenvalue weighted by Crippen LogP contribution is -2.36. The number of aliphatic hydroxyl groups excluding tert-OH is 1. The molecule has 0 radical (unpaired) electrons. The third-order valence-electron chi connectivity index (χ3n) is 3.84. The molecule has 4 N–H and O–H groups in total. The van der Waals surface area contributed by atoms with Gasteiger partial charge in [0.15, 0.2) is 0 Å². The number of hydrogen-bond acceptors (Lipinski definition) is 4. The second kappa shape index (κ2) is 7.02. The average molecular weight is 315 g/mol. The van der Waals surface area contributed by atoms with Crippen LogP contribution < -0.4 is 10.5 Å². The third-order valence-corrected chi connectivity index (χ3v) is 3.84. The van der Waals surface area contributed by atoms with E-state index in [9.17, 15) is 10.2 Å². The highest BCUT2D eigenvalue weighted by Gasteiger charge is 2.30. The molecular weight excluding hydrogens is 290 g/mol. The molecule has 0 bridgehead atoms. The van der Waals surface area contributed by atoms with E-state index < -0.39 is 12.1 Å². The topological polar surface area (TPSA) is 75.7 Å². The fourth-order valence-electron chi connectivity index (χ4n) is 2.34. The summed E-state index contributed by atoms with van der Waals surface area (Å²) in [6, 6.07) is 14.1. The van der Waals surface area contributed by atoms with Gasteiger partial charge in [0.25, 0.3) is 0 Å². The van der Waals surface area contributed by atoms with E-state index in [-0.39, 0.29) is 11.2 Å². The van der Waals surface area contributed by atoms with Gasteiger partial charge in [-0.25, -0.2) is 0 Å². The SMILES string of the molecule is CC(C)(C)[C@H](O)[C@H](N)c1ccc(OCc2ccccc2)cc1O. The van der Waals surface area contributed by atoms with Gasteiger partial charge < -0.3 is 20.7 Å². The molecule has 0 unspecified atom stereocenters. The van der Waals surface area contributed by atoms with Gasteiger partial charge in [-0.3, -0.25) is 0 Å². The van der Waals surface area contributed by atoms with Crippen molar-refractivity contribution in [1.29, 1.82) is 0 Å².